The van der Waals surface area contributed by atoms with Gasteiger partial charge in [-0.05, 0) is 37.1 Å². The first-order valence-electron chi connectivity index (χ1n) is 8.33. The second-order valence-electron chi connectivity index (χ2n) is 6.15. The van der Waals surface area contributed by atoms with E-state index < -0.39 is 10.0 Å². The first-order chi connectivity index (χ1) is 11.6. The van der Waals surface area contributed by atoms with E-state index in [9.17, 15) is 8.42 Å². The smallest absolute Gasteiger partial charge is 0.242 e. The summed E-state index contributed by atoms with van der Waals surface area (Å²) in [4.78, 5) is 6.48. The average molecular weight is 345 g/mol. The highest BCUT2D eigenvalue weighted by atomic mass is 32.2. The largest absolute Gasteiger partial charge is 0.295 e. The molecule has 1 N–H and O–H groups in total. The van der Waals surface area contributed by atoms with Gasteiger partial charge in [-0.25, -0.2) is 13.1 Å². The van der Waals surface area contributed by atoms with Gasteiger partial charge < -0.3 is 0 Å². The van der Waals surface area contributed by atoms with Crippen LogP contribution in [0.15, 0.2) is 59.8 Å². The van der Waals surface area contributed by atoms with Crippen LogP contribution in [0.1, 0.15) is 24.8 Å². The zero-order valence-electron chi connectivity index (χ0n) is 13.6. The van der Waals surface area contributed by atoms with Crippen molar-refractivity contribution in [2.75, 3.05) is 13.1 Å². The van der Waals surface area contributed by atoms with Gasteiger partial charge in [0.15, 0.2) is 0 Å². The fourth-order valence-corrected chi connectivity index (χ4v) is 4.15. The van der Waals surface area contributed by atoms with Crippen LogP contribution < -0.4 is 4.72 Å². The third-order valence-electron chi connectivity index (χ3n) is 4.43. The number of pyridine rings is 1. The van der Waals surface area contributed by atoms with Crippen molar-refractivity contribution in [1.29, 1.82) is 0 Å². The number of hydrogen-bond acceptors (Lipinski definition) is 4. The topological polar surface area (TPSA) is 62.3 Å². The summed E-state index contributed by atoms with van der Waals surface area (Å²) in [5, 5.41) is 0. The van der Waals surface area contributed by atoms with Gasteiger partial charge in [-0.1, -0.05) is 36.8 Å². The summed E-state index contributed by atoms with van der Waals surface area (Å²) >= 11 is 0. The predicted octanol–water partition coefficient (Wildman–Crippen LogP) is 2.41. The van der Waals surface area contributed by atoms with Crippen molar-refractivity contribution in [2.24, 2.45) is 0 Å². The fraction of sp³-hybridized carbons (Fsp3) is 0.389. The third-order valence-corrected chi connectivity index (χ3v) is 5.84. The van der Waals surface area contributed by atoms with Gasteiger partial charge in [-0.2, -0.15) is 0 Å². The third kappa shape index (κ3) is 4.41. The summed E-state index contributed by atoms with van der Waals surface area (Å²) in [5.41, 5.74) is 1.26. The van der Waals surface area contributed by atoms with Crippen LogP contribution >= 0.6 is 0 Å². The molecule has 2 heterocycles. The Balaban J connectivity index is 1.64. The van der Waals surface area contributed by atoms with Gasteiger partial charge in [0.1, 0.15) is 4.90 Å². The molecule has 0 radical (unpaired) electrons. The van der Waals surface area contributed by atoms with E-state index in [1.165, 1.54) is 18.2 Å². The molecule has 24 heavy (non-hydrogen) atoms. The molecule has 1 aliphatic heterocycles. The lowest BCUT2D eigenvalue weighted by atomic mass is 10.0. The molecular formula is C18H23N3O2S. The van der Waals surface area contributed by atoms with Crippen molar-refractivity contribution in [3.63, 3.8) is 0 Å². The maximum Gasteiger partial charge on any atom is 0.242 e. The van der Waals surface area contributed by atoms with E-state index in [2.05, 4.69) is 26.7 Å². The number of sulfonamides is 1. The van der Waals surface area contributed by atoms with Gasteiger partial charge in [-0.15, -0.1) is 0 Å². The second kappa shape index (κ2) is 7.88. The van der Waals surface area contributed by atoms with Crippen LogP contribution in [-0.4, -0.2) is 37.4 Å². The van der Waals surface area contributed by atoms with E-state index in [4.69, 9.17) is 0 Å². The molecule has 0 saturated carbocycles. The minimum absolute atomic E-state index is 0.218. The summed E-state index contributed by atoms with van der Waals surface area (Å²) in [6.45, 7) is 2.30. The number of likely N-dealkylation sites (tertiary alicyclic amines) is 1. The van der Waals surface area contributed by atoms with E-state index in [-0.39, 0.29) is 10.9 Å². The summed E-state index contributed by atoms with van der Waals surface area (Å²) in [6.07, 6.45) is 6.28. The van der Waals surface area contributed by atoms with Crippen LogP contribution in [0.2, 0.25) is 0 Å². The van der Waals surface area contributed by atoms with Crippen LogP contribution in [0, 0.1) is 0 Å². The molecule has 2 aromatic rings. The molecule has 1 fully saturated rings. The highest BCUT2D eigenvalue weighted by Gasteiger charge is 2.24. The Morgan fingerprint density at radius 3 is 2.71 bits per heavy atom. The number of piperidine rings is 1. The van der Waals surface area contributed by atoms with Gasteiger partial charge in [0.2, 0.25) is 10.0 Å². The lowest BCUT2D eigenvalue weighted by Crippen LogP contribution is -2.46. The molecule has 1 aromatic heterocycles. The molecule has 1 saturated heterocycles. The van der Waals surface area contributed by atoms with Gasteiger partial charge in [0.05, 0.1) is 0 Å². The SMILES string of the molecule is O=S(=O)(NCC1CCCCN1Cc1ccccc1)c1cccnc1. The Bertz CT molecular complexity index is 735. The zero-order valence-corrected chi connectivity index (χ0v) is 14.5. The minimum atomic E-state index is -3.50. The lowest BCUT2D eigenvalue weighted by Gasteiger charge is -2.35. The molecule has 0 aliphatic carbocycles. The molecule has 6 heteroatoms. The number of benzene rings is 1. The van der Waals surface area contributed by atoms with E-state index >= 15 is 0 Å². The molecule has 128 valence electrons. The van der Waals surface area contributed by atoms with E-state index in [0.717, 1.165) is 25.9 Å². The Labute approximate surface area is 143 Å². The Morgan fingerprint density at radius 2 is 1.96 bits per heavy atom. The zero-order chi connectivity index (χ0) is 16.8. The minimum Gasteiger partial charge on any atom is -0.295 e. The Kier molecular flexibility index (Phi) is 5.60. The van der Waals surface area contributed by atoms with Crippen molar-refractivity contribution in [3.05, 3.63) is 60.4 Å². The quantitative estimate of drug-likeness (QED) is 0.873. The summed E-state index contributed by atoms with van der Waals surface area (Å²) in [7, 11) is -3.50. The molecule has 0 spiro atoms. The molecule has 0 amide bonds. The predicted molar refractivity (Wildman–Crippen MR) is 93.9 cm³/mol. The number of hydrogen-bond donors (Lipinski definition) is 1. The Hall–Kier alpha value is -1.76. The van der Waals surface area contributed by atoms with Crippen LogP contribution in [0.4, 0.5) is 0 Å². The lowest BCUT2D eigenvalue weighted by molar-refractivity contribution is 0.142. The van der Waals surface area contributed by atoms with Crippen molar-refractivity contribution in [2.45, 2.75) is 36.7 Å². The van der Waals surface area contributed by atoms with E-state index in [1.54, 1.807) is 18.3 Å². The Morgan fingerprint density at radius 1 is 1.12 bits per heavy atom. The van der Waals surface area contributed by atoms with Crippen molar-refractivity contribution < 1.29 is 8.42 Å². The molecule has 1 aromatic carbocycles. The van der Waals surface area contributed by atoms with Crippen LogP contribution in [0.5, 0.6) is 0 Å². The summed E-state index contributed by atoms with van der Waals surface area (Å²) in [6, 6.07) is 13.8. The van der Waals surface area contributed by atoms with E-state index in [0.29, 0.717) is 6.54 Å². The maximum absolute atomic E-state index is 12.4. The second-order valence-corrected chi connectivity index (χ2v) is 7.91. The number of nitrogens with zero attached hydrogens (tertiary/aromatic N) is 2. The summed E-state index contributed by atoms with van der Waals surface area (Å²) in [5.74, 6) is 0. The summed E-state index contributed by atoms with van der Waals surface area (Å²) < 4.78 is 27.5. The van der Waals surface area contributed by atoms with Crippen molar-refractivity contribution in [1.82, 2.24) is 14.6 Å². The molecule has 1 atom stereocenters. The highest BCUT2D eigenvalue weighted by molar-refractivity contribution is 7.89. The van der Waals surface area contributed by atoms with Crippen LogP contribution in [-0.2, 0) is 16.6 Å². The number of aromatic nitrogens is 1. The van der Waals surface area contributed by atoms with Gasteiger partial charge in [-0.3, -0.25) is 9.88 Å². The van der Waals surface area contributed by atoms with E-state index in [1.807, 2.05) is 18.2 Å². The monoisotopic (exact) mass is 345 g/mol. The first kappa shape index (κ1) is 17.1. The van der Waals surface area contributed by atoms with Crippen LogP contribution in [0.25, 0.3) is 0 Å². The van der Waals surface area contributed by atoms with Gasteiger partial charge in [0.25, 0.3) is 0 Å². The average Bonchev–Trinajstić information content (AvgIpc) is 2.63. The number of rotatable bonds is 6. The fourth-order valence-electron chi connectivity index (χ4n) is 3.11. The molecule has 5 nitrogen and oxygen atoms in total. The molecule has 3 rings (SSSR count). The molecule has 1 unspecified atom stereocenters. The normalized spacial score (nSPS) is 19.2. The van der Waals surface area contributed by atoms with Gasteiger partial charge in [0, 0.05) is 31.5 Å². The van der Waals surface area contributed by atoms with Gasteiger partial charge >= 0.3 is 0 Å². The standard InChI is InChI=1S/C18H23N3O2S/c22-24(23,18-10-6-11-19-14-18)20-13-17-9-4-5-12-21(17)15-16-7-2-1-3-8-16/h1-3,6-8,10-11,14,17,20H,4-5,9,12-13,15H2. The van der Waals surface area contributed by atoms with Crippen molar-refractivity contribution in [3.8, 4) is 0 Å². The number of nitrogens with one attached hydrogen (secondary N) is 1. The molecule has 1 aliphatic rings. The molecule has 0 bridgehead atoms. The van der Waals surface area contributed by atoms with Crippen molar-refractivity contribution >= 4 is 10.0 Å². The first-order valence-corrected chi connectivity index (χ1v) is 9.81. The van der Waals surface area contributed by atoms with Crippen LogP contribution in [0.3, 0.4) is 0 Å². The maximum atomic E-state index is 12.4. The highest BCUT2D eigenvalue weighted by Crippen LogP contribution is 2.20. The molecular weight excluding hydrogens is 322 g/mol.